The lowest BCUT2D eigenvalue weighted by molar-refractivity contribution is -0.137. The standard InChI is InChI=1S/C18H18F3N3O3/c1-2-27-17(26)13-9-23-24(10-13)16(12-7-15(25)22-8-12)11-4-3-5-14(6-11)18(19,20)21/h3-6,9-10,12,16H,2,7-8H2,1H3,(H,22,25). The number of aromatic nitrogens is 2. The fourth-order valence-corrected chi connectivity index (χ4v) is 3.20. The molecule has 1 amide bonds. The Hall–Kier alpha value is -2.84. The van der Waals surface area contributed by atoms with E-state index in [9.17, 15) is 22.8 Å². The summed E-state index contributed by atoms with van der Waals surface area (Å²) in [6, 6.07) is 4.30. The van der Waals surface area contributed by atoms with Gasteiger partial charge in [0.1, 0.15) is 0 Å². The average Bonchev–Trinajstić information content (AvgIpc) is 3.25. The average molecular weight is 381 g/mol. The van der Waals surface area contributed by atoms with Gasteiger partial charge in [0.25, 0.3) is 0 Å². The number of hydrogen-bond donors (Lipinski definition) is 1. The van der Waals surface area contributed by atoms with Crippen molar-refractivity contribution in [3.05, 3.63) is 53.3 Å². The molecular formula is C18H18F3N3O3. The Balaban J connectivity index is 2.00. The monoisotopic (exact) mass is 381 g/mol. The lowest BCUT2D eigenvalue weighted by Crippen LogP contribution is -2.24. The minimum Gasteiger partial charge on any atom is -0.462 e. The predicted molar refractivity (Wildman–Crippen MR) is 88.9 cm³/mol. The van der Waals surface area contributed by atoms with Crippen LogP contribution in [0.1, 0.15) is 40.9 Å². The number of rotatable bonds is 5. The number of halogens is 3. The molecule has 2 heterocycles. The van der Waals surface area contributed by atoms with Gasteiger partial charge in [0, 0.05) is 25.1 Å². The van der Waals surface area contributed by atoms with Gasteiger partial charge in [-0.25, -0.2) is 4.79 Å². The van der Waals surface area contributed by atoms with Crippen molar-refractivity contribution >= 4 is 11.9 Å². The maximum absolute atomic E-state index is 13.1. The van der Waals surface area contributed by atoms with Crippen LogP contribution in [0.2, 0.25) is 0 Å². The molecule has 9 heteroatoms. The van der Waals surface area contributed by atoms with E-state index in [0.717, 1.165) is 12.1 Å². The molecule has 3 rings (SSSR count). The minimum absolute atomic E-state index is 0.162. The number of amides is 1. The largest absolute Gasteiger partial charge is 0.462 e. The number of benzene rings is 1. The minimum atomic E-state index is -4.48. The van der Waals surface area contributed by atoms with Crippen molar-refractivity contribution in [1.82, 2.24) is 15.1 Å². The van der Waals surface area contributed by atoms with Crippen molar-refractivity contribution in [3.63, 3.8) is 0 Å². The summed E-state index contributed by atoms with van der Waals surface area (Å²) in [6.45, 7) is 2.18. The zero-order valence-corrected chi connectivity index (χ0v) is 14.5. The van der Waals surface area contributed by atoms with Crippen LogP contribution in [0, 0.1) is 5.92 Å². The first-order valence-corrected chi connectivity index (χ1v) is 8.44. The fraction of sp³-hybridized carbons (Fsp3) is 0.389. The summed E-state index contributed by atoms with van der Waals surface area (Å²) in [4.78, 5) is 23.5. The number of nitrogens with zero attached hydrogens (tertiary/aromatic N) is 2. The number of nitrogens with one attached hydrogen (secondary N) is 1. The van der Waals surface area contributed by atoms with Gasteiger partial charge in [-0.05, 0) is 24.6 Å². The van der Waals surface area contributed by atoms with Gasteiger partial charge < -0.3 is 10.1 Å². The van der Waals surface area contributed by atoms with E-state index in [2.05, 4.69) is 10.4 Å². The van der Waals surface area contributed by atoms with Gasteiger partial charge in [0.15, 0.2) is 0 Å². The second kappa shape index (κ2) is 7.42. The first-order valence-electron chi connectivity index (χ1n) is 8.44. The van der Waals surface area contributed by atoms with Crippen LogP contribution < -0.4 is 5.32 Å². The molecule has 1 aromatic carbocycles. The van der Waals surface area contributed by atoms with Crippen LogP contribution in [0.15, 0.2) is 36.7 Å². The van der Waals surface area contributed by atoms with Crippen molar-refractivity contribution in [2.24, 2.45) is 5.92 Å². The van der Waals surface area contributed by atoms with Crippen LogP contribution in [-0.2, 0) is 15.7 Å². The van der Waals surface area contributed by atoms with E-state index in [0.29, 0.717) is 12.1 Å². The number of alkyl halides is 3. The molecule has 0 radical (unpaired) electrons. The van der Waals surface area contributed by atoms with Crippen molar-refractivity contribution < 1.29 is 27.5 Å². The molecule has 1 aliphatic rings. The molecule has 1 N–H and O–H groups in total. The molecule has 2 atom stereocenters. The first kappa shape index (κ1) is 18.9. The summed E-state index contributed by atoms with van der Waals surface area (Å²) in [7, 11) is 0. The van der Waals surface area contributed by atoms with Crippen LogP contribution in [0.5, 0.6) is 0 Å². The Morgan fingerprint density at radius 2 is 2.22 bits per heavy atom. The third kappa shape index (κ3) is 4.12. The lowest BCUT2D eigenvalue weighted by atomic mass is 9.91. The molecule has 2 aromatic rings. The summed E-state index contributed by atoms with van der Waals surface area (Å²) in [5, 5.41) is 6.84. The predicted octanol–water partition coefficient (Wildman–Crippen LogP) is 2.80. The maximum atomic E-state index is 13.1. The molecule has 1 fully saturated rings. The number of carbonyl (C=O) groups excluding carboxylic acids is 2. The summed E-state index contributed by atoms with van der Waals surface area (Å²) >= 11 is 0. The molecule has 27 heavy (non-hydrogen) atoms. The molecule has 0 bridgehead atoms. The summed E-state index contributed by atoms with van der Waals surface area (Å²) < 4.78 is 45.7. The zero-order valence-electron chi connectivity index (χ0n) is 14.5. The third-order valence-corrected chi connectivity index (χ3v) is 4.41. The Morgan fingerprint density at radius 3 is 2.85 bits per heavy atom. The van der Waals surface area contributed by atoms with E-state index in [1.165, 1.54) is 23.1 Å². The number of hydrogen-bond acceptors (Lipinski definition) is 4. The summed E-state index contributed by atoms with van der Waals surface area (Å²) in [5.41, 5.74) is -0.212. The van der Waals surface area contributed by atoms with E-state index in [1.807, 2.05) is 0 Å². The molecule has 0 spiro atoms. The van der Waals surface area contributed by atoms with Crippen molar-refractivity contribution in [2.75, 3.05) is 13.2 Å². The fourth-order valence-electron chi connectivity index (χ4n) is 3.20. The zero-order chi connectivity index (χ0) is 19.6. The normalized spacial score (nSPS) is 18.2. The van der Waals surface area contributed by atoms with Gasteiger partial charge in [0.2, 0.25) is 5.91 Å². The Labute approximate surface area is 153 Å². The van der Waals surface area contributed by atoms with E-state index in [4.69, 9.17) is 4.74 Å². The van der Waals surface area contributed by atoms with E-state index in [-0.39, 0.29) is 30.4 Å². The highest BCUT2D eigenvalue weighted by atomic mass is 19.4. The smallest absolute Gasteiger partial charge is 0.416 e. The van der Waals surface area contributed by atoms with Crippen molar-refractivity contribution in [3.8, 4) is 0 Å². The van der Waals surface area contributed by atoms with Gasteiger partial charge in [0.05, 0.1) is 30.0 Å². The van der Waals surface area contributed by atoms with Crippen molar-refractivity contribution in [1.29, 1.82) is 0 Å². The van der Waals surface area contributed by atoms with Crippen LogP contribution >= 0.6 is 0 Å². The topological polar surface area (TPSA) is 73.2 Å². The molecule has 144 valence electrons. The van der Waals surface area contributed by atoms with Crippen LogP contribution in [-0.4, -0.2) is 34.8 Å². The Morgan fingerprint density at radius 1 is 1.44 bits per heavy atom. The van der Waals surface area contributed by atoms with E-state index >= 15 is 0 Å². The second-order valence-electron chi connectivity index (χ2n) is 6.27. The summed E-state index contributed by atoms with van der Waals surface area (Å²) in [6.07, 6.45) is -1.57. The molecular weight excluding hydrogens is 363 g/mol. The van der Waals surface area contributed by atoms with Crippen LogP contribution in [0.25, 0.3) is 0 Å². The molecule has 1 aromatic heterocycles. The molecule has 6 nitrogen and oxygen atoms in total. The quantitative estimate of drug-likeness (QED) is 0.809. The van der Waals surface area contributed by atoms with E-state index in [1.54, 1.807) is 13.0 Å². The number of carbonyl (C=O) groups is 2. The number of esters is 1. The summed E-state index contributed by atoms with van der Waals surface area (Å²) in [5.74, 6) is -1.03. The molecule has 0 aliphatic carbocycles. The lowest BCUT2D eigenvalue weighted by Gasteiger charge is -2.24. The van der Waals surface area contributed by atoms with Gasteiger partial charge in [-0.2, -0.15) is 18.3 Å². The molecule has 1 aliphatic heterocycles. The van der Waals surface area contributed by atoms with Gasteiger partial charge in [-0.3, -0.25) is 9.48 Å². The molecule has 0 saturated carbocycles. The van der Waals surface area contributed by atoms with Gasteiger partial charge >= 0.3 is 12.1 Å². The third-order valence-electron chi connectivity index (χ3n) is 4.41. The first-order chi connectivity index (χ1) is 12.8. The number of ether oxygens (including phenoxy) is 1. The highest BCUT2D eigenvalue weighted by molar-refractivity contribution is 5.88. The van der Waals surface area contributed by atoms with Gasteiger partial charge in [-0.1, -0.05) is 12.1 Å². The Bertz CT molecular complexity index is 848. The second-order valence-corrected chi connectivity index (χ2v) is 6.27. The van der Waals surface area contributed by atoms with Crippen molar-refractivity contribution in [2.45, 2.75) is 25.6 Å². The SMILES string of the molecule is CCOC(=O)c1cnn(C(c2cccc(C(F)(F)F)c2)C2CNC(=O)C2)c1. The highest BCUT2D eigenvalue weighted by Gasteiger charge is 2.35. The van der Waals surface area contributed by atoms with Crippen LogP contribution in [0.4, 0.5) is 13.2 Å². The van der Waals surface area contributed by atoms with Crippen LogP contribution in [0.3, 0.4) is 0 Å². The van der Waals surface area contributed by atoms with E-state index < -0.39 is 23.8 Å². The molecule has 1 saturated heterocycles. The Kier molecular flexibility index (Phi) is 5.20. The highest BCUT2D eigenvalue weighted by Crippen LogP contribution is 2.35. The van der Waals surface area contributed by atoms with Gasteiger partial charge in [-0.15, -0.1) is 0 Å². The molecule has 2 unspecified atom stereocenters. The maximum Gasteiger partial charge on any atom is 0.416 e.